The van der Waals surface area contributed by atoms with E-state index in [1.54, 1.807) is 6.07 Å². The van der Waals surface area contributed by atoms with Crippen molar-refractivity contribution < 1.29 is 27.9 Å². The van der Waals surface area contributed by atoms with Crippen molar-refractivity contribution in [3.63, 3.8) is 0 Å². The third-order valence-electron chi connectivity index (χ3n) is 5.31. The van der Waals surface area contributed by atoms with Crippen LogP contribution in [0.1, 0.15) is 56.1 Å². The largest absolute Gasteiger partial charge is 0.481 e. The van der Waals surface area contributed by atoms with Gasteiger partial charge >= 0.3 is 12.1 Å². The number of carboxylic acid groups (broad SMARTS) is 1. The number of hydrogen-bond acceptors (Lipinski definition) is 2. The summed E-state index contributed by atoms with van der Waals surface area (Å²) in [4.78, 5) is 24.2. The van der Waals surface area contributed by atoms with Gasteiger partial charge in [-0.2, -0.15) is 13.2 Å². The summed E-state index contributed by atoms with van der Waals surface area (Å²) in [7, 11) is 0. The second kappa shape index (κ2) is 11.1. The quantitative estimate of drug-likeness (QED) is 0.389. The summed E-state index contributed by atoms with van der Waals surface area (Å²) in [6, 6.07) is 10.3. The molecule has 0 spiro atoms. The summed E-state index contributed by atoms with van der Waals surface area (Å²) in [6.07, 6.45) is -3.38. The first-order valence-electron chi connectivity index (χ1n) is 10.1. The topological polar surface area (TPSA) is 66.4 Å². The molecule has 0 saturated carbocycles. The molecule has 0 bridgehead atoms. The Kier molecular flexibility index (Phi) is 8.98. The van der Waals surface area contributed by atoms with Crippen LogP contribution < -0.4 is 5.32 Å². The number of amides is 1. The first-order chi connectivity index (χ1) is 14.9. The fourth-order valence-corrected chi connectivity index (χ4v) is 3.87. The first kappa shape index (κ1) is 26.0. The molecule has 0 aromatic heterocycles. The van der Waals surface area contributed by atoms with Crippen molar-refractivity contribution in [2.24, 2.45) is 5.92 Å². The molecule has 2 aromatic carbocycles. The van der Waals surface area contributed by atoms with Gasteiger partial charge in [0.15, 0.2) is 0 Å². The number of alkyl halides is 3. The number of nitrogens with one attached hydrogen (secondary N) is 1. The van der Waals surface area contributed by atoms with Crippen LogP contribution in [0.4, 0.5) is 18.9 Å². The van der Waals surface area contributed by atoms with Crippen LogP contribution in [0.5, 0.6) is 0 Å². The van der Waals surface area contributed by atoms with Crippen molar-refractivity contribution in [3.05, 3.63) is 63.6 Å². The van der Waals surface area contributed by atoms with Gasteiger partial charge in [0.2, 0.25) is 5.91 Å². The molecule has 0 radical (unpaired) electrons. The van der Waals surface area contributed by atoms with Gasteiger partial charge in [-0.15, -0.1) is 0 Å². The Labute approximate surface area is 194 Å². The van der Waals surface area contributed by atoms with Crippen molar-refractivity contribution in [1.82, 2.24) is 0 Å². The van der Waals surface area contributed by atoms with Gasteiger partial charge in [-0.05, 0) is 47.7 Å². The first-order valence-corrected chi connectivity index (χ1v) is 10.8. The fraction of sp³-hybridized carbons (Fsp3) is 0.391. The average molecular weight is 490 g/mol. The van der Waals surface area contributed by atoms with E-state index in [-0.39, 0.29) is 28.6 Å². The van der Waals surface area contributed by atoms with E-state index in [0.29, 0.717) is 17.0 Å². The highest BCUT2D eigenvalue weighted by atomic mass is 35.5. The third-order valence-corrected chi connectivity index (χ3v) is 5.89. The molecule has 2 aromatic rings. The second-order valence-electron chi connectivity index (χ2n) is 7.67. The molecule has 3 atom stereocenters. The van der Waals surface area contributed by atoms with E-state index in [4.69, 9.17) is 23.2 Å². The van der Waals surface area contributed by atoms with Crippen molar-refractivity contribution in [2.45, 2.75) is 51.1 Å². The number of halogens is 5. The number of carbonyl (C=O) groups excluding carboxylic acids is 1. The maximum absolute atomic E-state index is 13.5. The van der Waals surface area contributed by atoms with Crippen LogP contribution >= 0.6 is 23.2 Å². The Morgan fingerprint density at radius 1 is 1.06 bits per heavy atom. The van der Waals surface area contributed by atoms with Crippen LogP contribution in [0.3, 0.4) is 0 Å². The summed E-state index contributed by atoms with van der Waals surface area (Å²) in [5, 5.41) is 12.2. The van der Waals surface area contributed by atoms with Crippen LogP contribution in [0.25, 0.3) is 0 Å². The molecule has 9 heteroatoms. The van der Waals surface area contributed by atoms with Crippen molar-refractivity contribution in [1.29, 1.82) is 0 Å². The van der Waals surface area contributed by atoms with Crippen LogP contribution in [0, 0.1) is 5.92 Å². The molecule has 0 aliphatic carbocycles. The lowest BCUT2D eigenvalue weighted by Gasteiger charge is -2.26. The van der Waals surface area contributed by atoms with Gasteiger partial charge in [-0.1, -0.05) is 61.7 Å². The van der Waals surface area contributed by atoms with E-state index in [0.717, 1.165) is 13.3 Å². The molecular weight excluding hydrogens is 466 g/mol. The number of carbonyl (C=O) groups is 2. The number of aliphatic carboxylic acids is 1. The molecular formula is C23H24Cl2F3NO3. The summed E-state index contributed by atoms with van der Waals surface area (Å²) < 4.78 is 40.6. The molecule has 1 amide bonds. The SMILES string of the molecule is CCCC(CC(=O)O)c1ccc(Cl)c(NC(=O)C(c2ccc(Cl)cc2)C(C)C(F)(F)F)c1. The summed E-state index contributed by atoms with van der Waals surface area (Å²) >= 11 is 12.0. The highest BCUT2D eigenvalue weighted by Crippen LogP contribution is 2.39. The average Bonchev–Trinajstić information content (AvgIpc) is 2.70. The molecule has 4 nitrogen and oxygen atoms in total. The molecule has 0 fully saturated rings. The zero-order valence-electron chi connectivity index (χ0n) is 17.5. The normalized spacial score (nSPS) is 14.5. The van der Waals surface area contributed by atoms with E-state index >= 15 is 0 Å². The van der Waals surface area contributed by atoms with Gasteiger partial charge in [0.25, 0.3) is 0 Å². The Bertz CT molecular complexity index is 948. The Morgan fingerprint density at radius 3 is 2.19 bits per heavy atom. The van der Waals surface area contributed by atoms with Gasteiger partial charge in [0, 0.05) is 5.02 Å². The van der Waals surface area contributed by atoms with E-state index in [2.05, 4.69) is 5.32 Å². The minimum absolute atomic E-state index is 0.110. The fourth-order valence-electron chi connectivity index (χ4n) is 3.58. The lowest BCUT2D eigenvalue weighted by atomic mass is 9.85. The van der Waals surface area contributed by atoms with E-state index in [1.165, 1.54) is 36.4 Å². The van der Waals surface area contributed by atoms with Crippen LogP contribution in [0.15, 0.2) is 42.5 Å². The minimum atomic E-state index is -4.61. The van der Waals surface area contributed by atoms with E-state index in [1.807, 2.05) is 6.92 Å². The van der Waals surface area contributed by atoms with Crippen molar-refractivity contribution in [3.8, 4) is 0 Å². The van der Waals surface area contributed by atoms with Crippen LogP contribution in [0.2, 0.25) is 10.0 Å². The zero-order valence-corrected chi connectivity index (χ0v) is 19.1. The minimum Gasteiger partial charge on any atom is -0.481 e. The number of rotatable bonds is 9. The van der Waals surface area contributed by atoms with E-state index in [9.17, 15) is 27.9 Å². The molecule has 32 heavy (non-hydrogen) atoms. The number of anilines is 1. The second-order valence-corrected chi connectivity index (χ2v) is 8.52. The summed E-state index contributed by atoms with van der Waals surface area (Å²) in [6.45, 7) is 2.86. The zero-order chi connectivity index (χ0) is 24.1. The number of carboxylic acids is 1. The monoisotopic (exact) mass is 489 g/mol. The molecule has 0 heterocycles. The van der Waals surface area contributed by atoms with Crippen molar-refractivity contribution >= 4 is 40.8 Å². The van der Waals surface area contributed by atoms with Crippen LogP contribution in [-0.2, 0) is 9.59 Å². The van der Waals surface area contributed by atoms with Gasteiger partial charge in [0.1, 0.15) is 0 Å². The smallest absolute Gasteiger partial charge is 0.392 e. The summed E-state index contributed by atoms with van der Waals surface area (Å²) in [5.41, 5.74) is 0.939. The predicted octanol–water partition coefficient (Wildman–Crippen LogP) is 7.27. The van der Waals surface area contributed by atoms with Crippen LogP contribution in [-0.4, -0.2) is 23.2 Å². The molecule has 0 aliphatic rings. The van der Waals surface area contributed by atoms with Gasteiger partial charge < -0.3 is 10.4 Å². The lowest BCUT2D eigenvalue weighted by Crippen LogP contribution is -2.34. The Morgan fingerprint density at radius 2 is 1.66 bits per heavy atom. The summed E-state index contributed by atoms with van der Waals surface area (Å²) in [5.74, 6) is -5.65. The molecule has 3 unspecified atom stereocenters. The maximum atomic E-state index is 13.5. The van der Waals surface area contributed by atoms with Gasteiger partial charge in [-0.3, -0.25) is 9.59 Å². The van der Waals surface area contributed by atoms with E-state index < -0.39 is 29.9 Å². The maximum Gasteiger partial charge on any atom is 0.392 e. The molecule has 0 saturated heterocycles. The molecule has 2 rings (SSSR count). The Balaban J connectivity index is 2.40. The molecule has 2 N–H and O–H groups in total. The van der Waals surface area contributed by atoms with Gasteiger partial charge in [-0.25, -0.2) is 0 Å². The standard InChI is InChI=1S/C23H24Cl2F3NO3/c1-3-4-15(12-20(30)31)16-7-10-18(25)19(11-16)29-22(32)21(13(2)23(26,27)28)14-5-8-17(24)9-6-14/h5-11,13,15,21H,3-4,12H2,1-2H3,(H,29,32)(H,30,31). The highest BCUT2D eigenvalue weighted by molar-refractivity contribution is 6.33. The lowest BCUT2D eigenvalue weighted by molar-refractivity contribution is -0.178. The Hall–Kier alpha value is -2.25. The highest BCUT2D eigenvalue weighted by Gasteiger charge is 2.45. The third kappa shape index (κ3) is 6.87. The van der Waals surface area contributed by atoms with Crippen molar-refractivity contribution in [2.75, 3.05) is 5.32 Å². The number of hydrogen-bond donors (Lipinski definition) is 2. The van der Waals surface area contributed by atoms with Gasteiger partial charge in [0.05, 0.1) is 29.0 Å². The number of benzene rings is 2. The predicted molar refractivity (Wildman–Crippen MR) is 119 cm³/mol. The molecule has 174 valence electrons. The molecule has 0 aliphatic heterocycles.